The fourth-order valence-corrected chi connectivity index (χ4v) is 1.65. The van der Waals surface area contributed by atoms with Crippen molar-refractivity contribution in [3.05, 3.63) is 71.3 Å². The summed E-state index contributed by atoms with van der Waals surface area (Å²) in [6.07, 6.45) is -0.739. The lowest BCUT2D eigenvalue weighted by molar-refractivity contribution is 0.220. The van der Waals surface area contributed by atoms with Crippen LogP contribution in [0, 0.1) is 11.3 Å². The van der Waals surface area contributed by atoms with Gasteiger partial charge in [0.2, 0.25) is 0 Å². The van der Waals surface area contributed by atoms with Crippen molar-refractivity contribution in [2.24, 2.45) is 0 Å². The van der Waals surface area contributed by atoms with Crippen molar-refractivity contribution in [2.45, 2.75) is 6.10 Å². The van der Waals surface area contributed by atoms with Crippen LogP contribution in [0.3, 0.4) is 0 Å². The Morgan fingerprint density at radius 3 is 2.25 bits per heavy atom. The average Bonchev–Trinajstić information content (AvgIpc) is 2.39. The zero-order valence-corrected chi connectivity index (χ0v) is 8.67. The molecule has 0 unspecified atom stereocenters. The van der Waals surface area contributed by atoms with E-state index in [0.717, 1.165) is 5.56 Å². The van der Waals surface area contributed by atoms with Gasteiger partial charge in [-0.25, -0.2) is 0 Å². The molecule has 0 bridgehead atoms. The van der Waals surface area contributed by atoms with Crippen LogP contribution in [-0.2, 0) is 0 Å². The molecule has 2 aromatic carbocycles. The second-order valence-corrected chi connectivity index (χ2v) is 3.51. The van der Waals surface area contributed by atoms with Gasteiger partial charge < -0.3 is 5.11 Å². The van der Waals surface area contributed by atoms with E-state index >= 15 is 0 Å². The minimum absolute atomic E-state index is 0.513. The van der Waals surface area contributed by atoms with Crippen LogP contribution in [0.2, 0.25) is 0 Å². The van der Waals surface area contributed by atoms with Crippen molar-refractivity contribution >= 4 is 0 Å². The number of nitrogens with zero attached hydrogens (tertiary/aromatic N) is 1. The average molecular weight is 209 g/mol. The van der Waals surface area contributed by atoms with Crippen LogP contribution in [0.15, 0.2) is 54.6 Å². The molecule has 0 aliphatic rings. The van der Waals surface area contributed by atoms with Gasteiger partial charge in [0.1, 0.15) is 6.10 Å². The second kappa shape index (κ2) is 4.61. The minimum atomic E-state index is -0.739. The lowest BCUT2D eigenvalue weighted by Gasteiger charge is -2.12. The number of benzene rings is 2. The molecule has 0 saturated heterocycles. The Kier molecular flexibility index (Phi) is 3.00. The Morgan fingerprint density at radius 1 is 0.938 bits per heavy atom. The molecule has 1 atom stereocenters. The third-order valence-electron chi connectivity index (χ3n) is 2.49. The highest BCUT2D eigenvalue weighted by molar-refractivity contribution is 5.42. The Morgan fingerprint density at radius 2 is 1.56 bits per heavy atom. The van der Waals surface area contributed by atoms with E-state index in [4.69, 9.17) is 5.26 Å². The maximum absolute atomic E-state index is 10.2. The zero-order chi connectivity index (χ0) is 11.4. The van der Waals surface area contributed by atoms with Crippen LogP contribution in [-0.4, -0.2) is 5.11 Å². The summed E-state index contributed by atoms with van der Waals surface area (Å²) in [5, 5.41) is 19.1. The molecule has 2 heteroatoms. The molecule has 0 amide bonds. The van der Waals surface area contributed by atoms with Gasteiger partial charge in [-0.1, -0.05) is 48.5 Å². The largest absolute Gasteiger partial charge is 0.384 e. The van der Waals surface area contributed by atoms with Crippen LogP contribution < -0.4 is 0 Å². The zero-order valence-electron chi connectivity index (χ0n) is 8.67. The first-order chi connectivity index (χ1) is 7.83. The van der Waals surface area contributed by atoms with Gasteiger partial charge in [-0.15, -0.1) is 0 Å². The van der Waals surface area contributed by atoms with E-state index in [-0.39, 0.29) is 0 Å². The summed E-state index contributed by atoms with van der Waals surface area (Å²) in [6, 6.07) is 18.5. The van der Waals surface area contributed by atoms with Crippen molar-refractivity contribution in [1.82, 2.24) is 0 Å². The van der Waals surface area contributed by atoms with E-state index in [2.05, 4.69) is 6.07 Å². The van der Waals surface area contributed by atoms with Gasteiger partial charge in [-0.3, -0.25) is 0 Å². The summed E-state index contributed by atoms with van der Waals surface area (Å²) in [4.78, 5) is 0. The van der Waals surface area contributed by atoms with Crippen molar-refractivity contribution in [3.63, 3.8) is 0 Å². The highest BCUT2D eigenvalue weighted by Crippen LogP contribution is 2.24. The molecule has 0 heterocycles. The number of hydrogen-bond acceptors (Lipinski definition) is 2. The molecule has 2 nitrogen and oxygen atoms in total. The fraction of sp³-hybridized carbons (Fsp3) is 0.0714. The molecule has 0 aromatic heterocycles. The molecule has 0 radical (unpaired) electrons. The molecule has 2 rings (SSSR count). The summed E-state index contributed by atoms with van der Waals surface area (Å²) in [6.45, 7) is 0. The van der Waals surface area contributed by atoms with Crippen LogP contribution in [0.5, 0.6) is 0 Å². The van der Waals surface area contributed by atoms with E-state index in [1.54, 1.807) is 18.2 Å². The first-order valence-electron chi connectivity index (χ1n) is 5.05. The van der Waals surface area contributed by atoms with Crippen LogP contribution in [0.4, 0.5) is 0 Å². The molecule has 1 N–H and O–H groups in total. The second-order valence-electron chi connectivity index (χ2n) is 3.51. The lowest BCUT2D eigenvalue weighted by Crippen LogP contribution is -2.01. The first kappa shape index (κ1) is 10.4. The molecule has 0 fully saturated rings. The lowest BCUT2D eigenvalue weighted by atomic mass is 9.97. The summed E-state index contributed by atoms with van der Waals surface area (Å²) < 4.78 is 0. The van der Waals surface area contributed by atoms with Gasteiger partial charge in [0.25, 0.3) is 0 Å². The molecule has 16 heavy (non-hydrogen) atoms. The van der Waals surface area contributed by atoms with Crippen molar-refractivity contribution in [1.29, 1.82) is 5.26 Å². The van der Waals surface area contributed by atoms with E-state index in [1.165, 1.54) is 0 Å². The maximum atomic E-state index is 10.2. The SMILES string of the molecule is N#Cc1ccccc1[C@H](O)c1ccccc1. The normalized spacial score (nSPS) is 11.8. The summed E-state index contributed by atoms with van der Waals surface area (Å²) in [7, 11) is 0. The van der Waals surface area contributed by atoms with Gasteiger partial charge in [0.05, 0.1) is 11.6 Å². The van der Waals surface area contributed by atoms with Crippen molar-refractivity contribution < 1.29 is 5.11 Å². The van der Waals surface area contributed by atoms with E-state index in [0.29, 0.717) is 11.1 Å². The number of nitriles is 1. The van der Waals surface area contributed by atoms with Crippen LogP contribution in [0.1, 0.15) is 22.8 Å². The fourth-order valence-electron chi connectivity index (χ4n) is 1.65. The van der Waals surface area contributed by atoms with Gasteiger partial charge in [0.15, 0.2) is 0 Å². The Balaban J connectivity index is 2.42. The van der Waals surface area contributed by atoms with Gasteiger partial charge in [0, 0.05) is 5.56 Å². The van der Waals surface area contributed by atoms with Gasteiger partial charge in [-0.2, -0.15) is 5.26 Å². The summed E-state index contributed by atoms with van der Waals surface area (Å²) >= 11 is 0. The highest BCUT2D eigenvalue weighted by atomic mass is 16.3. The Labute approximate surface area is 94.4 Å². The Bertz CT molecular complexity index is 514. The molecular formula is C14H11NO. The number of aliphatic hydroxyl groups is 1. The molecule has 0 saturated carbocycles. The highest BCUT2D eigenvalue weighted by Gasteiger charge is 2.13. The van der Waals surface area contributed by atoms with Gasteiger partial charge >= 0.3 is 0 Å². The first-order valence-corrected chi connectivity index (χ1v) is 5.05. The van der Waals surface area contributed by atoms with E-state index < -0.39 is 6.10 Å². The van der Waals surface area contributed by atoms with Crippen molar-refractivity contribution in [2.75, 3.05) is 0 Å². The molecule has 0 aliphatic carbocycles. The third kappa shape index (κ3) is 1.95. The maximum Gasteiger partial charge on any atom is 0.105 e. The van der Waals surface area contributed by atoms with E-state index in [1.807, 2.05) is 36.4 Å². The van der Waals surface area contributed by atoms with Gasteiger partial charge in [-0.05, 0) is 11.6 Å². The smallest absolute Gasteiger partial charge is 0.105 e. The quantitative estimate of drug-likeness (QED) is 0.826. The number of aliphatic hydroxyl groups excluding tert-OH is 1. The van der Waals surface area contributed by atoms with E-state index in [9.17, 15) is 5.11 Å². The predicted octanol–water partition coefficient (Wildman–Crippen LogP) is 2.64. The third-order valence-corrected chi connectivity index (χ3v) is 2.49. The monoisotopic (exact) mass is 209 g/mol. The van der Waals surface area contributed by atoms with Crippen LogP contribution in [0.25, 0.3) is 0 Å². The predicted molar refractivity (Wildman–Crippen MR) is 61.7 cm³/mol. The summed E-state index contributed by atoms with van der Waals surface area (Å²) in [5.74, 6) is 0. The molecule has 0 spiro atoms. The molecule has 0 aliphatic heterocycles. The standard InChI is InChI=1S/C14H11NO/c15-10-12-8-4-5-9-13(12)14(16)11-6-2-1-3-7-11/h1-9,14,16H/t14-/m1/s1. The Hall–Kier alpha value is -2.11. The number of rotatable bonds is 2. The topological polar surface area (TPSA) is 44.0 Å². The molecular weight excluding hydrogens is 198 g/mol. The van der Waals surface area contributed by atoms with Crippen molar-refractivity contribution in [3.8, 4) is 6.07 Å². The summed E-state index contributed by atoms with van der Waals surface area (Å²) in [5.41, 5.74) is 1.96. The molecule has 2 aromatic rings. The molecule has 78 valence electrons. The minimum Gasteiger partial charge on any atom is -0.384 e. The number of hydrogen-bond donors (Lipinski definition) is 1. The van der Waals surface area contributed by atoms with Crippen LogP contribution >= 0.6 is 0 Å².